The predicted octanol–water partition coefficient (Wildman–Crippen LogP) is -0.793. The minimum Gasteiger partial charge on any atom is -0.477 e. The van der Waals surface area contributed by atoms with Crippen LogP contribution in [-0.2, 0) is 25.7 Å². The van der Waals surface area contributed by atoms with Crippen molar-refractivity contribution in [2.45, 2.75) is 23.5 Å². The van der Waals surface area contributed by atoms with Crippen LogP contribution in [0.1, 0.15) is 5.69 Å². The van der Waals surface area contributed by atoms with E-state index in [2.05, 4.69) is 15.5 Å². The largest absolute Gasteiger partial charge is 0.477 e. The molecule has 36 heavy (non-hydrogen) atoms. The summed E-state index contributed by atoms with van der Waals surface area (Å²) in [7, 11) is 0. The summed E-state index contributed by atoms with van der Waals surface area (Å²) in [5.74, 6) is -2.44. The fraction of sp³-hybridized carbons (Fsp3) is 0.250. The van der Waals surface area contributed by atoms with Gasteiger partial charge in [0.15, 0.2) is 23.2 Å². The SMILES string of the molecule is NC(=O)C[n+]1ccc(SCC2=C(C(=O)O)N3C(=O)C(NC(=O)/C(=N/O)c4csc(N)n4)C3CS2)cc1. The van der Waals surface area contributed by atoms with E-state index in [0.717, 1.165) is 16.2 Å². The van der Waals surface area contributed by atoms with Crippen LogP contribution < -0.4 is 21.4 Å². The number of nitrogens with zero attached hydrogens (tertiary/aromatic N) is 4. The number of carbonyl (C=O) groups is 4. The lowest BCUT2D eigenvalue weighted by Gasteiger charge is -2.49. The van der Waals surface area contributed by atoms with Crippen LogP contribution in [0.2, 0.25) is 0 Å². The highest BCUT2D eigenvalue weighted by atomic mass is 32.2. The van der Waals surface area contributed by atoms with Gasteiger partial charge in [0.25, 0.3) is 17.7 Å². The van der Waals surface area contributed by atoms with Crippen molar-refractivity contribution >= 4 is 69.4 Å². The second-order valence-corrected chi connectivity index (χ2v) is 10.6. The maximum absolute atomic E-state index is 12.9. The number of hydrogen-bond acceptors (Lipinski definition) is 11. The van der Waals surface area contributed by atoms with E-state index in [1.54, 1.807) is 29.1 Å². The molecule has 13 nitrogen and oxygen atoms in total. The van der Waals surface area contributed by atoms with E-state index in [4.69, 9.17) is 11.5 Å². The number of nitrogens with one attached hydrogen (secondary N) is 1. The fourth-order valence-corrected chi connectivity index (χ4v) is 6.51. The van der Waals surface area contributed by atoms with E-state index in [1.165, 1.54) is 33.8 Å². The van der Waals surface area contributed by atoms with Gasteiger partial charge in [0.2, 0.25) is 6.54 Å². The molecule has 2 aliphatic heterocycles. The van der Waals surface area contributed by atoms with Crippen molar-refractivity contribution in [1.29, 1.82) is 0 Å². The van der Waals surface area contributed by atoms with Crippen molar-refractivity contribution in [1.82, 2.24) is 15.2 Å². The minimum absolute atomic E-state index is 0.0504. The van der Waals surface area contributed by atoms with Gasteiger partial charge >= 0.3 is 5.97 Å². The van der Waals surface area contributed by atoms with E-state index in [-0.39, 0.29) is 23.1 Å². The maximum atomic E-state index is 12.9. The van der Waals surface area contributed by atoms with E-state index in [9.17, 15) is 29.5 Å². The Balaban J connectivity index is 1.44. The van der Waals surface area contributed by atoms with Crippen LogP contribution in [0.5, 0.6) is 0 Å². The smallest absolute Gasteiger partial charge is 0.353 e. The van der Waals surface area contributed by atoms with Crippen LogP contribution in [0.3, 0.4) is 0 Å². The number of carbonyl (C=O) groups excluding carboxylic acids is 3. The van der Waals surface area contributed by atoms with E-state index < -0.39 is 41.5 Å². The summed E-state index contributed by atoms with van der Waals surface area (Å²) >= 11 is 3.74. The number of primary amides is 1. The molecule has 2 atom stereocenters. The summed E-state index contributed by atoms with van der Waals surface area (Å²) < 4.78 is 1.62. The number of β-lactam (4-membered cyclic amide) rings is 1. The average molecular weight is 551 g/mol. The van der Waals surface area contributed by atoms with Gasteiger partial charge in [-0.15, -0.1) is 34.9 Å². The first-order valence-corrected chi connectivity index (χ1v) is 13.1. The number of oxime groups is 1. The number of rotatable bonds is 9. The third-order valence-corrected chi connectivity index (χ3v) is 8.38. The second-order valence-electron chi connectivity index (χ2n) is 7.60. The highest BCUT2D eigenvalue weighted by molar-refractivity contribution is 8.06. The molecule has 0 radical (unpaired) electrons. The van der Waals surface area contributed by atoms with Gasteiger partial charge in [-0.05, 0) is 0 Å². The molecule has 1 fully saturated rings. The first-order chi connectivity index (χ1) is 17.2. The average Bonchev–Trinajstić information content (AvgIpc) is 3.27. The topological polar surface area (TPSA) is 205 Å². The summed E-state index contributed by atoms with van der Waals surface area (Å²) in [4.78, 5) is 55.0. The summed E-state index contributed by atoms with van der Waals surface area (Å²) in [6.07, 6.45) is 3.39. The number of aromatic nitrogens is 2. The summed E-state index contributed by atoms with van der Waals surface area (Å²) in [6, 6.07) is 2.01. The molecule has 0 bridgehead atoms. The summed E-state index contributed by atoms with van der Waals surface area (Å²) in [5.41, 5.74) is 10.3. The first-order valence-electron chi connectivity index (χ1n) is 10.3. The van der Waals surface area contributed by atoms with Crippen molar-refractivity contribution in [3.8, 4) is 0 Å². The number of hydrogen-bond donors (Lipinski definition) is 5. The van der Waals surface area contributed by atoms with Crippen LogP contribution in [-0.4, -0.2) is 73.2 Å². The van der Waals surface area contributed by atoms with E-state index >= 15 is 0 Å². The van der Waals surface area contributed by atoms with Crippen LogP contribution >= 0.6 is 34.9 Å². The molecule has 2 unspecified atom stereocenters. The number of thiazole rings is 1. The Hall–Kier alpha value is -3.63. The number of nitrogens with two attached hydrogens (primary N) is 2. The molecule has 16 heteroatoms. The number of thioether (sulfide) groups is 2. The van der Waals surface area contributed by atoms with Crippen LogP contribution in [0.15, 0.2) is 50.6 Å². The molecule has 0 aromatic carbocycles. The number of carboxylic acids is 1. The van der Waals surface area contributed by atoms with Gasteiger partial charge in [-0.1, -0.05) is 5.16 Å². The normalized spacial score (nSPS) is 19.5. The van der Waals surface area contributed by atoms with Crippen molar-refractivity contribution < 1.29 is 34.1 Å². The Bertz CT molecular complexity index is 1290. The number of anilines is 1. The monoisotopic (exact) mass is 550 g/mol. The quantitative estimate of drug-likeness (QED) is 0.0657. The zero-order valence-corrected chi connectivity index (χ0v) is 20.8. The molecule has 2 aromatic rings. The van der Waals surface area contributed by atoms with Crippen LogP contribution in [0.4, 0.5) is 5.13 Å². The van der Waals surface area contributed by atoms with E-state index in [0.29, 0.717) is 16.4 Å². The predicted molar refractivity (Wildman–Crippen MR) is 131 cm³/mol. The van der Waals surface area contributed by atoms with Gasteiger partial charge in [0, 0.05) is 38.8 Å². The first kappa shape index (κ1) is 25.5. The van der Waals surface area contributed by atoms with Crippen molar-refractivity contribution in [3.63, 3.8) is 0 Å². The van der Waals surface area contributed by atoms with Crippen LogP contribution in [0.25, 0.3) is 0 Å². The van der Waals surface area contributed by atoms with Crippen molar-refractivity contribution in [2.24, 2.45) is 10.9 Å². The number of fused-ring (bicyclic) bond motifs is 1. The molecule has 2 aliphatic rings. The third-order valence-electron chi connectivity index (χ3n) is 5.29. The lowest BCUT2D eigenvalue weighted by molar-refractivity contribution is -0.684. The number of nitrogen functional groups attached to an aromatic ring is 1. The Morgan fingerprint density at radius 1 is 1.33 bits per heavy atom. The molecular weight excluding hydrogens is 530 g/mol. The molecule has 4 rings (SSSR count). The second kappa shape index (κ2) is 10.5. The van der Waals surface area contributed by atoms with Gasteiger partial charge in [-0.2, -0.15) is 4.57 Å². The highest BCUT2D eigenvalue weighted by Gasteiger charge is 2.54. The molecule has 7 N–H and O–H groups in total. The van der Waals surface area contributed by atoms with Crippen molar-refractivity contribution in [3.05, 3.63) is 46.2 Å². The standard InChI is InChI=1S/C20H19N7O6S3/c21-13(28)5-26-3-1-9(2-4-26)34-8-12-16(19(31)32)27-11(7-35-12)15(18(27)30)24-17(29)14(25-33)10-6-36-20(22)23-10/h1-4,6,11,15H,5,7-8H2,(H6-,21,22,23,24,28,29,31,32,33)/p+1. The zero-order valence-electron chi connectivity index (χ0n) is 18.4. The van der Waals surface area contributed by atoms with Crippen molar-refractivity contribution in [2.75, 3.05) is 17.2 Å². The van der Waals surface area contributed by atoms with Gasteiger partial charge in [-0.3, -0.25) is 19.3 Å². The number of aliphatic carboxylic acids is 1. The van der Waals surface area contributed by atoms with Gasteiger partial charge in [0.05, 0.1) is 6.04 Å². The molecule has 188 valence electrons. The highest BCUT2D eigenvalue weighted by Crippen LogP contribution is 2.41. The Morgan fingerprint density at radius 2 is 2.06 bits per heavy atom. The Labute approximate surface area is 216 Å². The van der Waals surface area contributed by atoms with Crippen LogP contribution in [0, 0.1) is 0 Å². The lowest BCUT2D eigenvalue weighted by Crippen LogP contribution is -2.73. The molecule has 3 amide bonds. The molecule has 1 saturated heterocycles. The lowest BCUT2D eigenvalue weighted by atomic mass is 9.94. The minimum atomic E-state index is -1.25. The molecule has 0 aliphatic carbocycles. The molecule has 0 saturated carbocycles. The molecule has 0 spiro atoms. The zero-order chi connectivity index (χ0) is 26.0. The van der Waals surface area contributed by atoms with Gasteiger partial charge in [-0.25, -0.2) is 9.78 Å². The fourth-order valence-electron chi connectivity index (χ4n) is 3.66. The number of carboxylic acid groups (broad SMARTS) is 1. The molecule has 4 heterocycles. The Kier molecular flexibility index (Phi) is 7.46. The van der Waals surface area contributed by atoms with Gasteiger partial charge < -0.3 is 27.1 Å². The number of pyridine rings is 1. The molecule has 2 aromatic heterocycles. The van der Waals surface area contributed by atoms with E-state index in [1.807, 2.05) is 0 Å². The maximum Gasteiger partial charge on any atom is 0.353 e. The summed E-state index contributed by atoms with van der Waals surface area (Å²) in [5, 5.41) is 26.2. The third kappa shape index (κ3) is 5.14. The van der Waals surface area contributed by atoms with Gasteiger partial charge in [0.1, 0.15) is 17.4 Å². The summed E-state index contributed by atoms with van der Waals surface area (Å²) in [6.45, 7) is 0.0504. The number of amides is 3. The molecular formula is C20H20N7O6S3+. The Morgan fingerprint density at radius 3 is 2.64 bits per heavy atom.